The van der Waals surface area contributed by atoms with Gasteiger partial charge in [-0.1, -0.05) is 0 Å². The summed E-state index contributed by atoms with van der Waals surface area (Å²) in [5.74, 6) is 0.0694. The van der Waals surface area contributed by atoms with Gasteiger partial charge in [-0.05, 0) is 0 Å². The van der Waals surface area contributed by atoms with Crippen molar-refractivity contribution in [3.8, 4) is 6.07 Å². The number of nitrogens with one attached hydrogen (secondary N) is 1. The minimum atomic E-state index is 0.0694. The van der Waals surface area contributed by atoms with Crippen molar-refractivity contribution in [3.63, 3.8) is 0 Å². The normalized spacial score (nSPS) is 26.0. The highest BCUT2D eigenvalue weighted by Crippen LogP contribution is 1.89. The lowest BCUT2D eigenvalue weighted by atomic mass is 10.2. The molecule has 3 heteroatoms. The fourth-order valence-corrected chi connectivity index (χ4v) is 0.696. The van der Waals surface area contributed by atoms with Gasteiger partial charge < -0.3 is 0 Å². The Hall–Kier alpha value is -1.04. The predicted molar refractivity (Wildman–Crippen MR) is 28.8 cm³/mol. The summed E-state index contributed by atoms with van der Waals surface area (Å²) in [6.45, 7) is 0.802. The topological polar surface area (TPSA) is 41.0 Å². The molecule has 1 aliphatic heterocycles. The van der Waals surface area contributed by atoms with Gasteiger partial charge in [-0.25, -0.2) is 0 Å². The van der Waals surface area contributed by atoms with Crippen LogP contribution in [0.4, 0.5) is 0 Å². The van der Waals surface area contributed by atoms with Crippen LogP contribution in [0.3, 0.4) is 0 Å². The number of hydrazone groups is 1. The van der Waals surface area contributed by atoms with Gasteiger partial charge >= 0.3 is 0 Å². The lowest BCUT2D eigenvalue weighted by molar-refractivity contribution is -0.623. The highest BCUT2D eigenvalue weighted by molar-refractivity contribution is 5.59. The third kappa shape index (κ3) is 0.784. The zero-order valence-corrected chi connectivity index (χ0v) is 4.76. The van der Waals surface area contributed by atoms with E-state index >= 15 is 0 Å². The number of nitriles is 1. The summed E-state index contributed by atoms with van der Waals surface area (Å²) >= 11 is 0. The van der Waals surface area contributed by atoms with E-state index in [-0.39, 0.29) is 5.92 Å². The van der Waals surface area contributed by atoms with Crippen molar-refractivity contribution in [1.82, 2.24) is 5.01 Å². The van der Waals surface area contributed by atoms with Crippen molar-refractivity contribution >= 4 is 6.21 Å². The molecule has 1 unspecified atom stereocenters. The van der Waals surface area contributed by atoms with E-state index in [2.05, 4.69) is 11.2 Å². The molecule has 1 N–H and O–H groups in total. The molecule has 0 aromatic carbocycles. The molecule has 0 aliphatic carbocycles. The van der Waals surface area contributed by atoms with Gasteiger partial charge in [0.25, 0.3) is 0 Å². The van der Waals surface area contributed by atoms with E-state index < -0.39 is 0 Å². The Morgan fingerprint density at radius 3 is 3.00 bits per heavy atom. The average Bonchev–Trinajstić information content (AvgIpc) is 2.14. The standard InChI is InChI=1S/C5H7N3/c1-8-4-5(2-6)3-7-8/h3,5H,4H2,1H3/p+1. The Kier molecular flexibility index (Phi) is 1.17. The van der Waals surface area contributed by atoms with Crippen LogP contribution in [0.25, 0.3) is 0 Å². The summed E-state index contributed by atoms with van der Waals surface area (Å²) in [5.41, 5.74) is 0. The fourth-order valence-electron chi connectivity index (χ4n) is 0.696. The van der Waals surface area contributed by atoms with Crippen LogP contribution in [0.5, 0.6) is 0 Å². The van der Waals surface area contributed by atoms with Crippen LogP contribution in [-0.2, 0) is 0 Å². The minimum Gasteiger partial charge on any atom is -0.197 e. The molecule has 0 aromatic rings. The van der Waals surface area contributed by atoms with Crippen LogP contribution in [0.15, 0.2) is 0 Å². The largest absolute Gasteiger partial charge is 0.197 e. The highest BCUT2D eigenvalue weighted by atomic mass is 15.4. The molecular formula is C5H8N3+. The molecule has 1 rings (SSSR count). The predicted octanol–water partition coefficient (Wildman–Crippen LogP) is -1.86. The fraction of sp³-hybridized carbons (Fsp3) is 0.600. The average molecular weight is 110 g/mol. The minimum absolute atomic E-state index is 0.0694. The number of rotatable bonds is 0. The van der Waals surface area contributed by atoms with Gasteiger partial charge in [0.15, 0.2) is 6.21 Å². The lowest BCUT2D eigenvalue weighted by Gasteiger charge is -1.95. The van der Waals surface area contributed by atoms with Crippen molar-refractivity contribution < 1.29 is 5.10 Å². The Bertz CT molecular complexity index is 144. The Morgan fingerprint density at radius 1 is 2.00 bits per heavy atom. The van der Waals surface area contributed by atoms with Gasteiger partial charge in [-0.15, -0.1) is 5.10 Å². The van der Waals surface area contributed by atoms with Crippen LogP contribution in [0.1, 0.15) is 0 Å². The number of hydrazine groups is 1. The summed E-state index contributed by atoms with van der Waals surface area (Å²) in [4.78, 5) is 0. The molecule has 42 valence electrons. The van der Waals surface area contributed by atoms with Crippen molar-refractivity contribution in [3.05, 3.63) is 0 Å². The van der Waals surface area contributed by atoms with E-state index in [1.807, 2.05) is 12.1 Å². The second kappa shape index (κ2) is 1.83. The van der Waals surface area contributed by atoms with Gasteiger partial charge in [-0.2, -0.15) is 10.3 Å². The second-order valence-electron chi connectivity index (χ2n) is 1.91. The zero-order chi connectivity index (χ0) is 5.98. The number of hydrogen-bond donors (Lipinski definition) is 1. The first-order valence-electron chi connectivity index (χ1n) is 2.53. The van der Waals surface area contributed by atoms with Gasteiger partial charge in [0.2, 0.25) is 0 Å². The first-order valence-corrected chi connectivity index (χ1v) is 2.53. The lowest BCUT2D eigenvalue weighted by Crippen LogP contribution is -2.76. The molecule has 3 nitrogen and oxygen atoms in total. The number of nitrogens with zero attached hydrogens (tertiary/aromatic N) is 2. The number of hydrogen-bond acceptors (Lipinski definition) is 2. The van der Waals surface area contributed by atoms with Gasteiger partial charge in [0.1, 0.15) is 5.92 Å². The molecule has 1 atom stereocenters. The Morgan fingerprint density at radius 2 is 2.75 bits per heavy atom. The van der Waals surface area contributed by atoms with Crippen molar-refractivity contribution in [2.75, 3.05) is 13.6 Å². The third-order valence-electron chi connectivity index (χ3n) is 1.13. The van der Waals surface area contributed by atoms with Crippen LogP contribution >= 0.6 is 0 Å². The van der Waals surface area contributed by atoms with Gasteiger partial charge in [-0.3, -0.25) is 0 Å². The summed E-state index contributed by atoms with van der Waals surface area (Å²) in [5, 5.41) is 13.1. The van der Waals surface area contributed by atoms with Gasteiger partial charge in [0, 0.05) is 0 Å². The second-order valence-corrected chi connectivity index (χ2v) is 1.91. The Labute approximate surface area is 48.2 Å². The van der Waals surface area contributed by atoms with E-state index in [1.165, 1.54) is 0 Å². The molecule has 0 saturated heterocycles. The molecule has 0 saturated carbocycles. The third-order valence-corrected chi connectivity index (χ3v) is 1.13. The van der Waals surface area contributed by atoms with Crippen LogP contribution in [-0.4, -0.2) is 24.8 Å². The van der Waals surface area contributed by atoms with E-state index in [1.54, 1.807) is 6.21 Å². The molecule has 0 amide bonds. The van der Waals surface area contributed by atoms with Crippen molar-refractivity contribution in [2.24, 2.45) is 5.92 Å². The van der Waals surface area contributed by atoms with Crippen molar-refractivity contribution in [2.45, 2.75) is 0 Å². The molecule has 8 heavy (non-hydrogen) atoms. The highest BCUT2D eigenvalue weighted by Gasteiger charge is 2.18. The summed E-state index contributed by atoms with van der Waals surface area (Å²) in [6, 6.07) is 2.13. The molecule has 0 spiro atoms. The summed E-state index contributed by atoms with van der Waals surface area (Å²) in [6.07, 6.45) is 1.79. The van der Waals surface area contributed by atoms with Crippen LogP contribution in [0.2, 0.25) is 0 Å². The molecular weight excluding hydrogens is 102 g/mol. The summed E-state index contributed by atoms with van der Waals surface area (Å²) in [7, 11) is 1.91. The molecule has 1 aliphatic rings. The first kappa shape index (κ1) is 5.10. The van der Waals surface area contributed by atoms with Crippen LogP contribution in [0, 0.1) is 17.2 Å². The van der Waals surface area contributed by atoms with E-state index in [0.717, 1.165) is 6.54 Å². The van der Waals surface area contributed by atoms with E-state index in [0.29, 0.717) is 0 Å². The first-order chi connectivity index (χ1) is 3.83. The van der Waals surface area contributed by atoms with Gasteiger partial charge in [0.05, 0.1) is 19.7 Å². The smallest absolute Gasteiger partial charge is 0.186 e. The molecule has 1 heterocycles. The monoisotopic (exact) mass is 110 g/mol. The van der Waals surface area contributed by atoms with E-state index in [9.17, 15) is 0 Å². The molecule has 0 radical (unpaired) electrons. The van der Waals surface area contributed by atoms with E-state index in [4.69, 9.17) is 5.26 Å². The zero-order valence-electron chi connectivity index (χ0n) is 4.76. The Balaban J connectivity index is 2.49. The molecule has 0 bridgehead atoms. The maximum absolute atomic E-state index is 8.34. The van der Waals surface area contributed by atoms with Crippen LogP contribution < -0.4 is 5.10 Å². The van der Waals surface area contributed by atoms with Crippen molar-refractivity contribution in [1.29, 1.82) is 5.26 Å². The SMILES string of the molecule is CN1CC(C#N)C=[NH+]1. The maximum Gasteiger partial charge on any atom is 0.186 e. The maximum atomic E-state index is 8.34. The molecule has 0 fully saturated rings. The quantitative estimate of drug-likeness (QED) is 0.397. The molecule has 0 aromatic heterocycles. The summed E-state index contributed by atoms with van der Waals surface area (Å²) < 4.78 is 0.